The molecule has 0 fully saturated rings. The molecule has 0 saturated carbocycles. The van der Waals surface area contributed by atoms with Gasteiger partial charge in [-0.05, 0) is 0 Å². The van der Waals surface area contributed by atoms with Gasteiger partial charge >= 0.3 is 29.6 Å². The molecule has 8 nitrogen and oxygen atoms in total. The van der Waals surface area contributed by atoms with Gasteiger partial charge in [0.25, 0.3) is 0 Å². The average Bonchev–Trinajstić information content (AvgIpc) is 2.23. The maximum atomic E-state index is 10.1. The maximum Gasteiger partial charge on any atom is 1.00 e. The molecule has 0 unspecified atom stereocenters. The molecule has 0 aromatic heterocycles. The zero-order chi connectivity index (χ0) is 12.2. The molecule has 90 valence electrons. The molecule has 6 N–H and O–H groups in total. The van der Waals surface area contributed by atoms with Crippen LogP contribution in [0, 0.1) is 0 Å². The third kappa shape index (κ3) is 5.04. The van der Waals surface area contributed by atoms with Crippen LogP contribution in [0.15, 0.2) is 0 Å². The third-order valence-electron chi connectivity index (χ3n) is 1.85. The van der Waals surface area contributed by atoms with Gasteiger partial charge in [0.05, 0.1) is 12.6 Å². The van der Waals surface area contributed by atoms with Gasteiger partial charge in [0.15, 0.2) is 0 Å². The van der Waals surface area contributed by atoms with Crippen LogP contribution < -0.4 is 34.7 Å². The second kappa shape index (κ2) is 8.34. The van der Waals surface area contributed by atoms with Crippen LogP contribution >= 0.6 is 0 Å². The third-order valence-corrected chi connectivity index (χ3v) is 1.85. The quantitative estimate of drug-likeness (QED) is 0.252. The SMILES string of the molecule is O=C([O-])[C@@H](O)[C@H](O)[C@@H](O)[C@H](O)[C@@H](O)CO.[Na+]. The molecule has 0 aromatic rings. The van der Waals surface area contributed by atoms with Gasteiger partial charge in [0, 0.05) is 0 Å². The second-order valence-electron chi connectivity index (χ2n) is 2.99. The Morgan fingerprint density at radius 1 is 1.00 bits per heavy atom. The van der Waals surface area contributed by atoms with Crippen molar-refractivity contribution in [3.8, 4) is 0 Å². The van der Waals surface area contributed by atoms with E-state index in [2.05, 4.69) is 0 Å². The maximum absolute atomic E-state index is 10.1. The molecule has 0 aliphatic carbocycles. The van der Waals surface area contributed by atoms with E-state index in [0.29, 0.717) is 0 Å². The number of carbonyl (C=O) groups excluding carboxylic acids is 1. The molecule has 0 radical (unpaired) electrons. The van der Waals surface area contributed by atoms with E-state index in [0.717, 1.165) is 0 Å². The molecule has 0 bridgehead atoms. The van der Waals surface area contributed by atoms with Crippen molar-refractivity contribution in [2.24, 2.45) is 0 Å². The van der Waals surface area contributed by atoms with Crippen molar-refractivity contribution >= 4 is 5.97 Å². The average molecular weight is 248 g/mol. The van der Waals surface area contributed by atoms with E-state index in [9.17, 15) is 9.90 Å². The zero-order valence-corrected chi connectivity index (χ0v) is 10.6. The van der Waals surface area contributed by atoms with Crippen molar-refractivity contribution in [1.82, 2.24) is 0 Å². The minimum Gasteiger partial charge on any atom is -0.547 e. The Hall–Kier alpha value is 0.230. The number of carboxylic acid groups (broad SMARTS) is 1. The van der Waals surface area contributed by atoms with Crippen LogP contribution in [-0.2, 0) is 4.79 Å². The number of aliphatic hydroxyl groups excluding tert-OH is 6. The Morgan fingerprint density at radius 2 is 1.44 bits per heavy atom. The number of aliphatic carboxylic acids is 1. The standard InChI is InChI=1S/C7H14O8.Na/c8-1-2(9)3(10)4(11)5(12)6(13)7(14)15;/h2-6,8-13H,1H2,(H,14,15);/q;+1/p-1/t2-,3+,4-,5+,6-;/m0./s1. The molecule has 0 heterocycles. The van der Waals surface area contributed by atoms with E-state index in [-0.39, 0.29) is 29.6 Å². The van der Waals surface area contributed by atoms with Crippen molar-refractivity contribution < 1.29 is 70.1 Å². The van der Waals surface area contributed by atoms with Crippen LogP contribution in [0.4, 0.5) is 0 Å². The first-order valence-electron chi connectivity index (χ1n) is 4.05. The van der Waals surface area contributed by atoms with Gasteiger partial charge in [-0.1, -0.05) is 0 Å². The Kier molecular flexibility index (Phi) is 9.69. The number of hydrogen-bond donors (Lipinski definition) is 6. The Bertz CT molecular complexity index is 213. The monoisotopic (exact) mass is 248 g/mol. The van der Waals surface area contributed by atoms with Gasteiger partial charge in [-0.2, -0.15) is 0 Å². The second-order valence-corrected chi connectivity index (χ2v) is 2.99. The molecular formula is C7H13NaO8. The van der Waals surface area contributed by atoms with Gasteiger partial charge in [-0.15, -0.1) is 0 Å². The molecular weight excluding hydrogens is 235 g/mol. The number of carboxylic acids is 1. The van der Waals surface area contributed by atoms with Crippen molar-refractivity contribution in [3.63, 3.8) is 0 Å². The summed E-state index contributed by atoms with van der Waals surface area (Å²) in [5, 5.41) is 63.2. The topological polar surface area (TPSA) is 162 Å². The van der Waals surface area contributed by atoms with E-state index in [1.807, 2.05) is 0 Å². The molecule has 0 saturated heterocycles. The summed E-state index contributed by atoms with van der Waals surface area (Å²) in [5.41, 5.74) is 0. The fourth-order valence-electron chi connectivity index (χ4n) is 0.864. The van der Waals surface area contributed by atoms with Gasteiger partial charge in [-0.3, -0.25) is 0 Å². The minimum absolute atomic E-state index is 0. The first-order chi connectivity index (χ1) is 6.82. The van der Waals surface area contributed by atoms with E-state index in [1.165, 1.54) is 0 Å². The fraction of sp³-hybridized carbons (Fsp3) is 0.857. The van der Waals surface area contributed by atoms with Crippen LogP contribution in [0.25, 0.3) is 0 Å². The molecule has 0 aromatic carbocycles. The predicted octanol–water partition coefficient (Wildman–Crippen LogP) is -8.46. The first-order valence-corrected chi connectivity index (χ1v) is 4.05. The normalized spacial score (nSPS) is 20.1. The number of rotatable bonds is 6. The number of aliphatic hydroxyl groups is 6. The molecule has 0 amide bonds. The van der Waals surface area contributed by atoms with Crippen molar-refractivity contribution in [2.45, 2.75) is 30.5 Å². The van der Waals surface area contributed by atoms with Crippen molar-refractivity contribution in [1.29, 1.82) is 0 Å². The van der Waals surface area contributed by atoms with E-state index >= 15 is 0 Å². The molecule has 0 spiro atoms. The molecule has 0 aliphatic heterocycles. The molecule has 16 heavy (non-hydrogen) atoms. The summed E-state index contributed by atoms with van der Waals surface area (Å²) in [6, 6.07) is 0. The summed E-state index contributed by atoms with van der Waals surface area (Å²) in [7, 11) is 0. The van der Waals surface area contributed by atoms with Gasteiger partial charge < -0.3 is 40.5 Å². The summed E-state index contributed by atoms with van der Waals surface area (Å²) in [6.07, 6.45) is -10.5. The summed E-state index contributed by atoms with van der Waals surface area (Å²) in [6.45, 7) is -0.896. The van der Waals surface area contributed by atoms with E-state index in [1.54, 1.807) is 0 Å². The number of hydrogen-bond acceptors (Lipinski definition) is 8. The van der Waals surface area contributed by atoms with Crippen molar-refractivity contribution in [2.75, 3.05) is 6.61 Å². The molecule has 0 aliphatic rings. The van der Waals surface area contributed by atoms with Gasteiger partial charge in [-0.25, -0.2) is 0 Å². The van der Waals surface area contributed by atoms with Crippen LogP contribution in [0.3, 0.4) is 0 Å². The summed E-state index contributed by atoms with van der Waals surface area (Å²) in [4.78, 5) is 10.1. The fourth-order valence-corrected chi connectivity index (χ4v) is 0.864. The van der Waals surface area contributed by atoms with Crippen LogP contribution in [0.2, 0.25) is 0 Å². The largest absolute Gasteiger partial charge is 1.00 e. The number of carbonyl (C=O) groups is 1. The Balaban J connectivity index is 0. The summed E-state index contributed by atoms with van der Waals surface area (Å²) >= 11 is 0. The molecule has 5 atom stereocenters. The van der Waals surface area contributed by atoms with E-state index < -0.39 is 43.1 Å². The van der Waals surface area contributed by atoms with E-state index in [4.69, 9.17) is 30.6 Å². The van der Waals surface area contributed by atoms with Crippen LogP contribution in [0.5, 0.6) is 0 Å². The predicted molar refractivity (Wildman–Crippen MR) is 42.1 cm³/mol. The van der Waals surface area contributed by atoms with Crippen LogP contribution in [0.1, 0.15) is 0 Å². The summed E-state index contributed by atoms with van der Waals surface area (Å²) in [5.74, 6) is -2.03. The summed E-state index contributed by atoms with van der Waals surface area (Å²) < 4.78 is 0. The molecule has 9 heteroatoms. The Labute approximate surface area is 113 Å². The van der Waals surface area contributed by atoms with Gasteiger partial charge in [0.1, 0.15) is 30.5 Å². The smallest absolute Gasteiger partial charge is 0.547 e. The minimum atomic E-state index is -2.40. The van der Waals surface area contributed by atoms with Gasteiger partial charge in [0.2, 0.25) is 0 Å². The first kappa shape index (κ1) is 18.6. The van der Waals surface area contributed by atoms with Crippen molar-refractivity contribution in [3.05, 3.63) is 0 Å². The van der Waals surface area contributed by atoms with Crippen LogP contribution in [-0.4, -0.2) is 73.7 Å². The molecule has 0 rings (SSSR count). The zero-order valence-electron chi connectivity index (χ0n) is 8.59. The Morgan fingerprint density at radius 3 is 1.75 bits per heavy atom.